The van der Waals surface area contributed by atoms with Crippen molar-refractivity contribution in [3.8, 4) is 0 Å². The predicted molar refractivity (Wildman–Crippen MR) is 109 cm³/mol. The number of carbonyl (C=O) groups excluding carboxylic acids is 1. The summed E-state index contributed by atoms with van der Waals surface area (Å²) in [6.07, 6.45) is 1.94. The summed E-state index contributed by atoms with van der Waals surface area (Å²) >= 11 is 7.67. The summed E-state index contributed by atoms with van der Waals surface area (Å²) in [5, 5.41) is 23.2. The maximum absolute atomic E-state index is 12.9. The van der Waals surface area contributed by atoms with Crippen molar-refractivity contribution in [3.63, 3.8) is 0 Å². The van der Waals surface area contributed by atoms with Gasteiger partial charge in [0.25, 0.3) is 0 Å². The first-order valence-corrected chi connectivity index (χ1v) is 11.4. The van der Waals surface area contributed by atoms with Gasteiger partial charge in [0.15, 0.2) is 0 Å². The number of hydrogen-bond donors (Lipinski definition) is 4. The molecule has 9 unspecified atom stereocenters. The third-order valence-corrected chi connectivity index (χ3v) is 6.85. The Hall–Kier alpha value is -0.0900. The zero-order valence-electron chi connectivity index (χ0n) is 16.5. The highest BCUT2D eigenvalue weighted by molar-refractivity contribution is 7.99. The third kappa shape index (κ3) is 5.29. The molecule has 1 amide bonds. The number of rotatable bonds is 7. The number of carbonyl (C=O) groups is 1. The summed E-state index contributed by atoms with van der Waals surface area (Å²) in [5.74, 6) is 0.411. The monoisotopic (exact) mass is 423 g/mol. The maximum atomic E-state index is 12.9. The second kappa shape index (κ2) is 10.1. The molecule has 9 atom stereocenters. The summed E-state index contributed by atoms with van der Waals surface area (Å²) < 4.78 is 5.87. The van der Waals surface area contributed by atoms with Crippen LogP contribution in [0.3, 0.4) is 0 Å². The molecular formula is C18H34ClN3O4S. The molecule has 7 nitrogen and oxygen atoms in total. The van der Waals surface area contributed by atoms with Crippen LogP contribution in [0, 0.1) is 5.92 Å². The Balaban J connectivity index is 2.09. The number of alkyl halides is 1. The fourth-order valence-corrected chi connectivity index (χ4v) is 5.06. The Labute approximate surface area is 171 Å². The summed E-state index contributed by atoms with van der Waals surface area (Å²) in [6, 6.07) is -1.68. The average molecular weight is 424 g/mol. The van der Waals surface area contributed by atoms with Crippen molar-refractivity contribution >= 4 is 29.3 Å². The normalized spacial score (nSPS) is 39.9. The van der Waals surface area contributed by atoms with Crippen LogP contribution in [0.4, 0.5) is 0 Å². The van der Waals surface area contributed by atoms with Crippen molar-refractivity contribution in [2.75, 3.05) is 19.8 Å². The van der Waals surface area contributed by atoms with Gasteiger partial charge in [0, 0.05) is 6.54 Å². The molecule has 0 spiro atoms. The second-order valence-electron chi connectivity index (χ2n) is 7.82. The standard InChI is InChI=1S/C18H34ClN3O4S/c1-5-6-10-7-11(22(3)8-10)17(25)21-13(9(2)19)16-14(23)12(20)15(24)18(26-16)27-4/h9-16,18,23-24H,5-8,20H2,1-4H3,(H,21,25). The van der Waals surface area contributed by atoms with E-state index in [1.165, 1.54) is 11.8 Å². The summed E-state index contributed by atoms with van der Waals surface area (Å²) in [5.41, 5.74) is 5.41. The SMILES string of the molecule is CCCC1CC(C(=O)NC(C(C)Cl)C2OC(SC)C(O)C(N)C2O)N(C)C1. The molecule has 9 heteroatoms. The van der Waals surface area contributed by atoms with Crippen molar-refractivity contribution in [2.24, 2.45) is 11.7 Å². The van der Waals surface area contributed by atoms with Crippen LogP contribution in [-0.4, -0.2) is 88.1 Å². The molecule has 0 aliphatic carbocycles. The minimum atomic E-state index is -1.12. The van der Waals surface area contributed by atoms with Crippen LogP contribution < -0.4 is 11.1 Å². The zero-order chi connectivity index (χ0) is 20.3. The van der Waals surface area contributed by atoms with Gasteiger partial charge in [-0.2, -0.15) is 0 Å². The van der Waals surface area contributed by atoms with Crippen LogP contribution in [0.2, 0.25) is 0 Å². The van der Waals surface area contributed by atoms with E-state index >= 15 is 0 Å². The molecule has 158 valence electrons. The highest BCUT2D eigenvalue weighted by Crippen LogP contribution is 2.30. The lowest BCUT2D eigenvalue weighted by Gasteiger charge is -2.44. The molecule has 0 aromatic rings. The lowest BCUT2D eigenvalue weighted by Crippen LogP contribution is -2.67. The number of nitrogens with one attached hydrogen (secondary N) is 1. The smallest absolute Gasteiger partial charge is 0.237 e. The number of aliphatic hydroxyl groups excluding tert-OH is 2. The number of amides is 1. The van der Waals surface area contributed by atoms with E-state index in [9.17, 15) is 15.0 Å². The Morgan fingerprint density at radius 3 is 2.67 bits per heavy atom. The van der Waals surface area contributed by atoms with E-state index in [4.69, 9.17) is 22.1 Å². The van der Waals surface area contributed by atoms with E-state index in [0.29, 0.717) is 5.92 Å². The molecule has 0 aromatic heterocycles. The third-order valence-electron chi connectivity index (χ3n) is 5.72. The first-order valence-electron chi connectivity index (χ1n) is 9.65. The molecule has 0 bridgehead atoms. The van der Waals surface area contributed by atoms with Gasteiger partial charge in [-0.1, -0.05) is 13.3 Å². The first kappa shape index (κ1) is 23.2. The minimum absolute atomic E-state index is 0.107. The van der Waals surface area contributed by atoms with Crippen molar-refractivity contribution in [1.29, 1.82) is 0 Å². The second-order valence-corrected chi connectivity index (χ2v) is 9.45. The highest BCUT2D eigenvalue weighted by atomic mass is 35.5. The van der Waals surface area contributed by atoms with Gasteiger partial charge >= 0.3 is 0 Å². The van der Waals surface area contributed by atoms with E-state index < -0.39 is 41.2 Å². The number of hydrogen-bond acceptors (Lipinski definition) is 7. The summed E-state index contributed by atoms with van der Waals surface area (Å²) in [7, 11) is 1.96. The Morgan fingerprint density at radius 1 is 1.44 bits per heavy atom. The summed E-state index contributed by atoms with van der Waals surface area (Å²) in [4.78, 5) is 15.0. The molecule has 2 fully saturated rings. The minimum Gasteiger partial charge on any atom is -0.389 e. The Kier molecular flexibility index (Phi) is 8.67. The first-order chi connectivity index (χ1) is 12.7. The van der Waals surface area contributed by atoms with Gasteiger partial charge in [-0.15, -0.1) is 23.4 Å². The van der Waals surface area contributed by atoms with Gasteiger partial charge in [-0.3, -0.25) is 9.69 Å². The van der Waals surface area contributed by atoms with E-state index in [2.05, 4.69) is 17.1 Å². The Bertz CT molecular complexity index is 499. The molecule has 0 aromatic carbocycles. The lowest BCUT2D eigenvalue weighted by atomic mass is 9.91. The van der Waals surface area contributed by atoms with E-state index in [1.54, 1.807) is 13.2 Å². The Morgan fingerprint density at radius 2 is 2.11 bits per heavy atom. The number of likely N-dealkylation sites (N-methyl/N-ethyl adjacent to an activating group) is 1. The molecule has 2 saturated heterocycles. The van der Waals surface area contributed by atoms with Gasteiger partial charge in [0.05, 0.1) is 29.6 Å². The van der Waals surface area contributed by atoms with Crippen LogP contribution in [0.5, 0.6) is 0 Å². The number of halogens is 1. The van der Waals surface area contributed by atoms with E-state index in [-0.39, 0.29) is 11.9 Å². The number of thioether (sulfide) groups is 1. The molecule has 2 rings (SSSR count). The van der Waals surface area contributed by atoms with Gasteiger partial charge < -0.3 is 26.0 Å². The number of nitrogens with two attached hydrogens (primary N) is 1. The summed E-state index contributed by atoms with van der Waals surface area (Å²) in [6.45, 7) is 4.81. The lowest BCUT2D eigenvalue weighted by molar-refractivity contribution is -0.160. The van der Waals surface area contributed by atoms with Gasteiger partial charge in [-0.05, 0) is 39.0 Å². The number of ether oxygens (including phenoxy) is 1. The fraction of sp³-hybridized carbons (Fsp3) is 0.944. The molecule has 27 heavy (non-hydrogen) atoms. The van der Waals surface area contributed by atoms with Crippen molar-refractivity contribution < 1.29 is 19.7 Å². The topological polar surface area (TPSA) is 108 Å². The van der Waals surface area contributed by atoms with E-state index in [0.717, 1.165) is 25.8 Å². The van der Waals surface area contributed by atoms with Crippen molar-refractivity contribution in [3.05, 3.63) is 0 Å². The van der Waals surface area contributed by atoms with Crippen LogP contribution in [-0.2, 0) is 9.53 Å². The van der Waals surface area contributed by atoms with Crippen LogP contribution in [0.15, 0.2) is 0 Å². The number of aliphatic hydroxyl groups is 2. The molecular weight excluding hydrogens is 390 g/mol. The number of likely N-dealkylation sites (tertiary alicyclic amines) is 1. The van der Waals surface area contributed by atoms with E-state index in [1.807, 2.05) is 7.05 Å². The molecule has 5 N–H and O–H groups in total. The largest absolute Gasteiger partial charge is 0.389 e. The van der Waals surface area contributed by atoms with Gasteiger partial charge in [0.1, 0.15) is 17.6 Å². The molecule has 2 aliphatic rings. The highest BCUT2D eigenvalue weighted by Gasteiger charge is 2.47. The number of nitrogens with zero attached hydrogens (tertiary/aromatic N) is 1. The quantitative estimate of drug-likeness (QED) is 0.438. The van der Waals surface area contributed by atoms with Gasteiger partial charge in [-0.25, -0.2) is 0 Å². The average Bonchev–Trinajstić information content (AvgIpc) is 2.99. The zero-order valence-corrected chi connectivity index (χ0v) is 18.1. The van der Waals surface area contributed by atoms with Crippen LogP contribution in [0.1, 0.15) is 33.1 Å². The van der Waals surface area contributed by atoms with Gasteiger partial charge in [0.2, 0.25) is 5.91 Å². The molecule has 2 heterocycles. The maximum Gasteiger partial charge on any atom is 0.237 e. The van der Waals surface area contributed by atoms with Crippen molar-refractivity contribution in [1.82, 2.24) is 10.2 Å². The molecule has 2 aliphatic heterocycles. The van der Waals surface area contributed by atoms with Crippen molar-refractivity contribution in [2.45, 2.75) is 80.4 Å². The van der Waals surface area contributed by atoms with Crippen LogP contribution in [0.25, 0.3) is 0 Å². The molecule has 0 saturated carbocycles. The van der Waals surface area contributed by atoms with Crippen LogP contribution >= 0.6 is 23.4 Å². The fourth-order valence-electron chi connectivity index (χ4n) is 4.16. The molecule has 0 radical (unpaired) electrons. The predicted octanol–water partition coefficient (Wildman–Crippen LogP) is 0.356.